The van der Waals surface area contributed by atoms with Crippen LogP contribution in [-0.2, 0) is 0 Å². The number of nitrogens with one attached hydrogen (secondary N) is 1. The minimum atomic E-state index is 0.629. The maximum Gasteiger partial charge on any atom is 0.224 e. The number of anilines is 2. The molecule has 5 nitrogen and oxygen atoms in total. The van der Waals surface area contributed by atoms with Crippen molar-refractivity contribution in [2.45, 2.75) is 64.8 Å². The number of likely N-dealkylation sites (tertiary alicyclic amines) is 1. The van der Waals surface area contributed by atoms with E-state index in [1.165, 1.54) is 58.0 Å². The Morgan fingerprint density at radius 1 is 1.12 bits per heavy atom. The lowest BCUT2D eigenvalue weighted by Gasteiger charge is -2.26. The Morgan fingerprint density at radius 2 is 1.92 bits per heavy atom. The Bertz CT molecular complexity index is 511. The van der Waals surface area contributed by atoms with Gasteiger partial charge in [0.15, 0.2) is 0 Å². The van der Waals surface area contributed by atoms with Crippen molar-refractivity contribution in [1.29, 1.82) is 0 Å². The van der Waals surface area contributed by atoms with Crippen LogP contribution in [0.15, 0.2) is 12.3 Å². The van der Waals surface area contributed by atoms with Crippen LogP contribution in [0.5, 0.6) is 0 Å². The summed E-state index contributed by atoms with van der Waals surface area (Å²) in [4.78, 5) is 14.3. The highest BCUT2D eigenvalue weighted by Gasteiger charge is 2.24. The van der Waals surface area contributed by atoms with E-state index in [9.17, 15) is 0 Å². The van der Waals surface area contributed by atoms with E-state index in [1.54, 1.807) is 0 Å². The third kappa shape index (κ3) is 5.56. The van der Waals surface area contributed by atoms with Gasteiger partial charge in [0.2, 0.25) is 5.95 Å². The lowest BCUT2D eigenvalue weighted by atomic mass is 10.1. The Hall–Kier alpha value is -1.36. The second kappa shape index (κ2) is 9.37. The van der Waals surface area contributed by atoms with Crippen molar-refractivity contribution in [2.24, 2.45) is 5.92 Å². The fraction of sp³-hybridized carbons (Fsp3) is 0.800. The SMILES string of the molecule is CC(C)CCN1CCCC1CNc1nccc(N2CCCCCC2)n1. The van der Waals surface area contributed by atoms with Gasteiger partial charge < -0.3 is 10.2 Å². The molecule has 1 unspecified atom stereocenters. The molecule has 2 saturated heterocycles. The summed E-state index contributed by atoms with van der Waals surface area (Å²) in [5.41, 5.74) is 0. The van der Waals surface area contributed by atoms with Gasteiger partial charge in [0.05, 0.1) is 0 Å². The van der Waals surface area contributed by atoms with E-state index in [-0.39, 0.29) is 0 Å². The molecule has 2 aliphatic heterocycles. The van der Waals surface area contributed by atoms with Crippen LogP contribution in [0.3, 0.4) is 0 Å². The maximum atomic E-state index is 4.78. The van der Waals surface area contributed by atoms with Crippen LogP contribution in [0, 0.1) is 5.92 Å². The number of hydrogen-bond acceptors (Lipinski definition) is 5. The van der Waals surface area contributed by atoms with Crippen LogP contribution in [0.25, 0.3) is 0 Å². The van der Waals surface area contributed by atoms with Crippen molar-refractivity contribution >= 4 is 11.8 Å². The average molecular weight is 346 g/mol. The highest BCUT2D eigenvalue weighted by molar-refractivity contribution is 5.42. The van der Waals surface area contributed by atoms with Crippen molar-refractivity contribution in [1.82, 2.24) is 14.9 Å². The predicted molar refractivity (Wildman–Crippen MR) is 105 cm³/mol. The molecule has 0 aromatic carbocycles. The molecule has 1 aromatic rings. The van der Waals surface area contributed by atoms with Crippen molar-refractivity contribution in [3.8, 4) is 0 Å². The van der Waals surface area contributed by atoms with Crippen molar-refractivity contribution in [3.05, 3.63) is 12.3 Å². The summed E-state index contributed by atoms with van der Waals surface area (Å²) in [6.45, 7) is 10.3. The number of rotatable bonds is 7. The zero-order valence-corrected chi connectivity index (χ0v) is 16.1. The molecular formula is C20H35N5. The highest BCUT2D eigenvalue weighted by Crippen LogP contribution is 2.20. The van der Waals surface area contributed by atoms with E-state index in [0.29, 0.717) is 6.04 Å². The standard InChI is InChI=1S/C20H35N5/c1-17(2)10-15-24-14-7-8-18(24)16-22-20-21-11-9-19(23-20)25-12-5-3-4-6-13-25/h9,11,17-18H,3-8,10,12-16H2,1-2H3,(H,21,22,23). The summed E-state index contributed by atoms with van der Waals surface area (Å²) in [6, 6.07) is 2.69. The van der Waals surface area contributed by atoms with E-state index in [1.807, 2.05) is 6.20 Å². The maximum absolute atomic E-state index is 4.78. The summed E-state index contributed by atoms with van der Waals surface area (Å²) in [5.74, 6) is 2.66. The first kappa shape index (κ1) is 18.4. The first-order valence-electron chi connectivity index (χ1n) is 10.3. The predicted octanol–water partition coefficient (Wildman–Crippen LogP) is 3.78. The molecule has 5 heteroatoms. The van der Waals surface area contributed by atoms with Gasteiger partial charge >= 0.3 is 0 Å². The second-order valence-electron chi connectivity index (χ2n) is 8.04. The molecule has 0 aliphatic carbocycles. The molecular weight excluding hydrogens is 310 g/mol. The van der Waals surface area contributed by atoms with E-state index in [0.717, 1.165) is 37.3 Å². The summed E-state index contributed by atoms with van der Waals surface area (Å²) in [6.07, 6.45) is 11.1. The quantitative estimate of drug-likeness (QED) is 0.815. The van der Waals surface area contributed by atoms with Crippen molar-refractivity contribution in [2.75, 3.05) is 42.9 Å². The fourth-order valence-corrected chi connectivity index (χ4v) is 3.96. The van der Waals surface area contributed by atoms with Gasteiger partial charge in [-0.15, -0.1) is 0 Å². The molecule has 1 aromatic heterocycles. The molecule has 3 rings (SSSR count). The molecule has 0 spiro atoms. The fourth-order valence-electron chi connectivity index (χ4n) is 3.96. The van der Waals surface area contributed by atoms with Gasteiger partial charge in [-0.2, -0.15) is 4.98 Å². The normalized spacial score (nSPS) is 22.4. The first-order chi connectivity index (χ1) is 12.2. The lowest BCUT2D eigenvalue weighted by Crippen LogP contribution is -2.36. The van der Waals surface area contributed by atoms with Crippen molar-refractivity contribution < 1.29 is 0 Å². The van der Waals surface area contributed by atoms with Crippen LogP contribution >= 0.6 is 0 Å². The topological polar surface area (TPSA) is 44.3 Å². The smallest absolute Gasteiger partial charge is 0.224 e. The number of aromatic nitrogens is 2. The van der Waals surface area contributed by atoms with E-state index in [2.05, 4.69) is 40.0 Å². The average Bonchev–Trinajstić information content (AvgIpc) is 2.88. The van der Waals surface area contributed by atoms with Gasteiger partial charge in [-0.3, -0.25) is 4.90 Å². The lowest BCUT2D eigenvalue weighted by molar-refractivity contribution is 0.247. The zero-order chi connectivity index (χ0) is 17.5. The minimum absolute atomic E-state index is 0.629. The summed E-state index contributed by atoms with van der Waals surface area (Å²) >= 11 is 0. The van der Waals surface area contributed by atoms with Crippen LogP contribution < -0.4 is 10.2 Å². The van der Waals surface area contributed by atoms with E-state index >= 15 is 0 Å². The number of hydrogen-bond donors (Lipinski definition) is 1. The molecule has 3 heterocycles. The molecule has 25 heavy (non-hydrogen) atoms. The van der Waals surface area contributed by atoms with Gasteiger partial charge in [-0.05, 0) is 57.2 Å². The molecule has 0 amide bonds. The Kier molecular flexibility index (Phi) is 6.91. The van der Waals surface area contributed by atoms with Gasteiger partial charge in [0.25, 0.3) is 0 Å². The van der Waals surface area contributed by atoms with Crippen molar-refractivity contribution in [3.63, 3.8) is 0 Å². The Labute approximate surface area is 153 Å². The van der Waals surface area contributed by atoms with Gasteiger partial charge in [0.1, 0.15) is 5.82 Å². The van der Waals surface area contributed by atoms with Crippen LogP contribution in [-0.4, -0.2) is 53.6 Å². The molecule has 2 fully saturated rings. The molecule has 0 saturated carbocycles. The Balaban J connectivity index is 1.53. The summed E-state index contributed by atoms with van der Waals surface area (Å²) in [7, 11) is 0. The Morgan fingerprint density at radius 3 is 2.68 bits per heavy atom. The molecule has 1 N–H and O–H groups in total. The molecule has 0 radical (unpaired) electrons. The van der Waals surface area contributed by atoms with Gasteiger partial charge in [-0.25, -0.2) is 4.98 Å². The van der Waals surface area contributed by atoms with E-state index < -0.39 is 0 Å². The van der Waals surface area contributed by atoms with Crippen LogP contribution in [0.4, 0.5) is 11.8 Å². The molecule has 1 atom stereocenters. The second-order valence-corrected chi connectivity index (χ2v) is 8.04. The van der Waals surface area contributed by atoms with Gasteiger partial charge in [-0.1, -0.05) is 26.7 Å². The van der Waals surface area contributed by atoms with Crippen LogP contribution in [0.1, 0.15) is 58.8 Å². The third-order valence-corrected chi connectivity index (χ3v) is 5.56. The largest absolute Gasteiger partial charge is 0.356 e. The number of nitrogens with zero attached hydrogens (tertiary/aromatic N) is 4. The highest BCUT2D eigenvalue weighted by atomic mass is 15.2. The van der Waals surface area contributed by atoms with Crippen LogP contribution in [0.2, 0.25) is 0 Å². The summed E-state index contributed by atoms with van der Waals surface area (Å²) < 4.78 is 0. The third-order valence-electron chi connectivity index (χ3n) is 5.56. The minimum Gasteiger partial charge on any atom is -0.356 e. The monoisotopic (exact) mass is 345 g/mol. The molecule has 140 valence electrons. The summed E-state index contributed by atoms with van der Waals surface area (Å²) in [5, 5.41) is 3.51. The van der Waals surface area contributed by atoms with E-state index in [4.69, 9.17) is 4.98 Å². The molecule has 0 bridgehead atoms. The zero-order valence-electron chi connectivity index (χ0n) is 16.1. The molecule has 2 aliphatic rings. The van der Waals surface area contributed by atoms with Gasteiger partial charge in [0, 0.05) is 31.9 Å². The first-order valence-corrected chi connectivity index (χ1v) is 10.3.